The van der Waals surface area contributed by atoms with Crippen LogP contribution in [0.3, 0.4) is 0 Å². The van der Waals surface area contributed by atoms with E-state index in [0.717, 1.165) is 5.56 Å². The number of piperazine rings is 1. The number of carbonyl (C=O) groups is 1. The van der Waals surface area contributed by atoms with Crippen molar-refractivity contribution in [2.24, 2.45) is 0 Å². The van der Waals surface area contributed by atoms with E-state index in [4.69, 9.17) is 5.11 Å². The van der Waals surface area contributed by atoms with Crippen LogP contribution >= 0.6 is 0 Å². The molecule has 0 unspecified atom stereocenters. The molecular weight excluding hydrogens is 261 g/mol. The van der Waals surface area contributed by atoms with Crippen LogP contribution in [0.4, 0.5) is 14.9 Å². The Morgan fingerprint density at radius 3 is 2.80 bits per heavy atom. The molecule has 1 saturated heterocycles. The fourth-order valence-electron chi connectivity index (χ4n) is 2.58. The van der Waals surface area contributed by atoms with Gasteiger partial charge in [0, 0.05) is 39.3 Å². The van der Waals surface area contributed by atoms with Crippen LogP contribution in [-0.2, 0) is 6.54 Å². The Balaban J connectivity index is 1.98. The standard InChI is InChI=1S/C14H20FN3O2/c1-10-8-17(5-6-18(10)14(19)20)9-11-3-4-13(16-2)12(15)7-11/h3-4,7,10,16H,5-6,8-9H2,1-2H3,(H,19,20)/t10-/m0/s1. The van der Waals surface area contributed by atoms with E-state index in [9.17, 15) is 9.18 Å². The van der Waals surface area contributed by atoms with Crippen LogP contribution in [0.1, 0.15) is 12.5 Å². The minimum atomic E-state index is -0.874. The summed E-state index contributed by atoms with van der Waals surface area (Å²) in [6.07, 6.45) is -0.874. The van der Waals surface area contributed by atoms with Crippen LogP contribution in [0.5, 0.6) is 0 Å². The van der Waals surface area contributed by atoms with Gasteiger partial charge in [-0.05, 0) is 24.6 Å². The van der Waals surface area contributed by atoms with Crippen molar-refractivity contribution in [3.05, 3.63) is 29.6 Å². The SMILES string of the molecule is CNc1ccc(CN2CCN(C(=O)O)[C@@H](C)C2)cc1F. The second-order valence-corrected chi connectivity index (χ2v) is 5.12. The third-order valence-electron chi connectivity index (χ3n) is 3.67. The lowest BCUT2D eigenvalue weighted by Gasteiger charge is -2.38. The van der Waals surface area contributed by atoms with Crippen molar-refractivity contribution in [2.45, 2.75) is 19.5 Å². The van der Waals surface area contributed by atoms with E-state index in [1.807, 2.05) is 13.0 Å². The molecule has 2 rings (SSSR count). The summed E-state index contributed by atoms with van der Waals surface area (Å²) >= 11 is 0. The molecule has 1 heterocycles. The molecule has 0 saturated carbocycles. The zero-order valence-corrected chi connectivity index (χ0v) is 11.8. The quantitative estimate of drug-likeness (QED) is 0.890. The smallest absolute Gasteiger partial charge is 0.407 e. The zero-order chi connectivity index (χ0) is 14.7. The van der Waals surface area contributed by atoms with E-state index in [-0.39, 0.29) is 11.9 Å². The summed E-state index contributed by atoms with van der Waals surface area (Å²) in [5.41, 5.74) is 1.38. The molecule has 6 heteroatoms. The van der Waals surface area contributed by atoms with Crippen LogP contribution in [0, 0.1) is 5.82 Å². The van der Waals surface area contributed by atoms with E-state index in [1.165, 1.54) is 11.0 Å². The number of amides is 1. The molecule has 0 aromatic heterocycles. The van der Waals surface area contributed by atoms with Crippen LogP contribution in [-0.4, -0.2) is 53.7 Å². The maximum Gasteiger partial charge on any atom is 0.407 e. The first-order chi connectivity index (χ1) is 9.51. The van der Waals surface area contributed by atoms with Crippen molar-refractivity contribution in [1.82, 2.24) is 9.80 Å². The first kappa shape index (κ1) is 14.6. The molecule has 1 aromatic rings. The molecule has 1 fully saturated rings. The molecule has 2 N–H and O–H groups in total. The van der Waals surface area contributed by atoms with Gasteiger partial charge in [-0.25, -0.2) is 9.18 Å². The first-order valence-electron chi connectivity index (χ1n) is 6.69. The predicted molar refractivity (Wildman–Crippen MR) is 75.4 cm³/mol. The lowest BCUT2D eigenvalue weighted by molar-refractivity contribution is 0.0711. The number of benzene rings is 1. The summed E-state index contributed by atoms with van der Waals surface area (Å²) < 4.78 is 13.7. The van der Waals surface area contributed by atoms with Gasteiger partial charge in [-0.1, -0.05) is 6.07 Å². The van der Waals surface area contributed by atoms with Gasteiger partial charge in [-0.2, -0.15) is 0 Å². The molecule has 1 aromatic carbocycles. The van der Waals surface area contributed by atoms with Crippen LogP contribution in [0.25, 0.3) is 0 Å². The van der Waals surface area contributed by atoms with Crippen LogP contribution in [0.15, 0.2) is 18.2 Å². The zero-order valence-electron chi connectivity index (χ0n) is 11.8. The van der Waals surface area contributed by atoms with Crippen molar-refractivity contribution in [2.75, 3.05) is 32.0 Å². The number of halogens is 1. The van der Waals surface area contributed by atoms with E-state index in [1.54, 1.807) is 13.1 Å². The Morgan fingerprint density at radius 1 is 1.50 bits per heavy atom. The number of anilines is 1. The van der Waals surface area contributed by atoms with Crippen molar-refractivity contribution in [3.8, 4) is 0 Å². The fraction of sp³-hybridized carbons (Fsp3) is 0.500. The molecule has 5 nitrogen and oxygen atoms in total. The average molecular weight is 281 g/mol. The van der Waals surface area contributed by atoms with Gasteiger partial charge < -0.3 is 15.3 Å². The van der Waals surface area contributed by atoms with Gasteiger partial charge in [0.05, 0.1) is 5.69 Å². The average Bonchev–Trinajstić information content (AvgIpc) is 2.38. The highest BCUT2D eigenvalue weighted by molar-refractivity contribution is 5.65. The minimum absolute atomic E-state index is 0.0392. The maximum absolute atomic E-state index is 13.7. The molecular formula is C14H20FN3O2. The third-order valence-corrected chi connectivity index (χ3v) is 3.67. The van der Waals surface area contributed by atoms with Crippen molar-refractivity contribution in [1.29, 1.82) is 0 Å². The fourth-order valence-corrected chi connectivity index (χ4v) is 2.58. The Hall–Kier alpha value is -1.82. The van der Waals surface area contributed by atoms with E-state index < -0.39 is 6.09 Å². The molecule has 0 radical (unpaired) electrons. The molecule has 1 aliphatic rings. The maximum atomic E-state index is 13.7. The summed E-state index contributed by atoms with van der Waals surface area (Å²) in [4.78, 5) is 14.6. The molecule has 1 atom stereocenters. The van der Waals surface area contributed by atoms with E-state index in [0.29, 0.717) is 31.9 Å². The van der Waals surface area contributed by atoms with Crippen molar-refractivity contribution >= 4 is 11.8 Å². The Bertz CT molecular complexity index is 495. The monoisotopic (exact) mass is 281 g/mol. The minimum Gasteiger partial charge on any atom is -0.465 e. The molecule has 0 bridgehead atoms. The number of rotatable bonds is 3. The molecule has 1 aliphatic heterocycles. The third kappa shape index (κ3) is 3.19. The Labute approximate surface area is 118 Å². The number of nitrogens with one attached hydrogen (secondary N) is 1. The summed E-state index contributed by atoms with van der Waals surface area (Å²) in [5.74, 6) is -0.262. The topological polar surface area (TPSA) is 55.8 Å². The normalized spacial score (nSPS) is 19.9. The molecule has 20 heavy (non-hydrogen) atoms. The second kappa shape index (κ2) is 6.09. The number of hydrogen-bond acceptors (Lipinski definition) is 3. The highest BCUT2D eigenvalue weighted by Gasteiger charge is 2.26. The van der Waals surface area contributed by atoms with Crippen molar-refractivity contribution < 1.29 is 14.3 Å². The van der Waals surface area contributed by atoms with E-state index >= 15 is 0 Å². The van der Waals surface area contributed by atoms with Gasteiger partial charge in [0.1, 0.15) is 5.82 Å². The van der Waals surface area contributed by atoms with Gasteiger partial charge >= 0.3 is 6.09 Å². The van der Waals surface area contributed by atoms with Gasteiger partial charge in [0.25, 0.3) is 0 Å². The Morgan fingerprint density at radius 2 is 2.25 bits per heavy atom. The van der Waals surface area contributed by atoms with Gasteiger partial charge in [0.2, 0.25) is 0 Å². The molecule has 1 amide bonds. The van der Waals surface area contributed by atoms with Crippen LogP contribution < -0.4 is 5.32 Å². The van der Waals surface area contributed by atoms with Gasteiger partial charge in [-0.3, -0.25) is 4.90 Å². The molecule has 110 valence electrons. The highest BCUT2D eigenvalue weighted by atomic mass is 19.1. The lowest BCUT2D eigenvalue weighted by Crippen LogP contribution is -2.53. The number of carboxylic acid groups (broad SMARTS) is 1. The summed E-state index contributed by atoms with van der Waals surface area (Å²) in [5, 5.41) is 11.8. The van der Waals surface area contributed by atoms with Crippen LogP contribution in [0.2, 0.25) is 0 Å². The highest BCUT2D eigenvalue weighted by Crippen LogP contribution is 2.18. The summed E-state index contributed by atoms with van der Waals surface area (Å²) in [6, 6.07) is 5.10. The lowest BCUT2D eigenvalue weighted by atomic mass is 10.1. The largest absolute Gasteiger partial charge is 0.465 e. The molecule has 0 spiro atoms. The summed E-state index contributed by atoms with van der Waals surface area (Å²) in [7, 11) is 1.69. The predicted octanol–water partition coefficient (Wildman–Crippen LogP) is 2.05. The Kier molecular flexibility index (Phi) is 4.44. The van der Waals surface area contributed by atoms with Gasteiger partial charge in [-0.15, -0.1) is 0 Å². The number of nitrogens with zero attached hydrogens (tertiary/aromatic N) is 2. The first-order valence-corrected chi connectivity index (χ1v) is 6.69. The summed E-state index contributed by atoms with van der Waals surface area (Å²) in [6.45, 7) is 4.37. The second-order valence-electron chi connectivity index (χ2n) is 5.12. The van der Waals surface area contributed by atoms with Gasteiger partial charge in [0.15, 0.2) is 0 Å². The number of hydrogen-bond donors (Lipinski definition) is 2. The molecule has 0 aliphatic carbocycles. The van der Waals surface area contributed by atoms with Crippen molar-refractivity contribution in [3.63, 3.8) is 0 Å². The van der Waals surface area contributed by atoms with E-state index in [2.05, 4.69) is 10.2 Å².